The Labute approximate surface area is 268 Å². The van der Waals surface area contributed by atoms with Crippen LogP contribution in [0.5, 0.6) is 0 Å². The third-order valence-electron chi connectivity index (χ3n) is 8.49. The quantitative estimate of drug-likeness (QED) is 0.167. The summed E-state index contributed by atoms with van der Waals surface area (Å²) in [7, 11) is 3.42. The molecule has 0 unspecified atom stereocenters. The largest absolute Gasteiger partial charge is 0.554 e. The average Bonchev–Trinajstić information content (AvgIpc) is 3.43. The van der Waals surface area contributed by atoms with Crippen LogP contribution in [0.3, 0.4) is 0 Å². The molecule has 3 heterocycles. The Hall–Kier alpha value is -4.94. The fraction of sp³-hybridized carbons (Fsp3) is 0.406. The van der Waals surface area contributed by atoms with Crippen molar-refractivity contribution in [2.24, 2.45) is 0 Å². The van der Waals surface area contributed by atoms with E-state index in [4.69, 9.17) is 19.4 Å². The van der Waals surface area contributed by atoms with Gasteiger partial charge in [0.1, 0.15) is 19.1 Å². The number of halogens is 3. The maximum Gasteiger partial charge on any atom is 0.416 e. The first-order valence-corrected chi connectivity index (χ1v) is 14.8. The first-order chi connectivity index (χ1) is 22.4. The van der Waals surface area contributed by atoms with Crippen LogP contribution in [0.1, 0.15) is 48.1 Å². The number of ether oxygens (including phenoxy) is 2. The molecule has 12 nitrogen and oxygen atoms in total. The van der Waals surface area contributed by atoms with Gasteiger partial charge in [-0.15, -0.1) is 5.10 Å². The number of hydrogen-bond donors (Lipinski definition) is 1. The number of aromatic amines is 1. The van der Waals surface area contributed by atoms with Crippen LogP contribution in [0.2, 0.25) is 0 Å². The predicted molar refractivity (Wildman–Crippen MR) is 161 cm³/mol. The normalized spacial score (nSPS) is 17.2. The minimum Gasteiger partial charge on any atom is -0.554 e. The minimum atomic E-state index is -4.61. The molecule has 250 valence electrons. The summed E-state index contributed by atoms with van der Waals surface area (Å²) in [4.78, 5) is 36.3. The molecule has 2 aromatic carbocycles. The van der Waals surface area contributed by atoms with Crippen LogP contribution in [0, 0.1) is 11.3 Å². The number of aryl methyl sites for hydroxylation is 1. The number of benzene rings is 2. The number of nitrogens with one attached hydrogen (secondary N) is 1. The maximum atomic E-state index is 13.6. The van der Waals surface area contributed by atoms with Crippen LogP contribution < -0.4 is 15.7 Å². The number of rotatable bonds is 8. The SMILES string of the molecule is COC(=O)C1=C(C)N(c2cccc(C(F)(F)F)c2)c2n[nH]c(=O)n2[C@@H]1c1ccc(C#N)cc1CCCC[N+]1(C)CCOCC1.O=C[O-]. The lowest BCUT2D eigenvalue weighted by Crippen LogP contribution is -2.52. The van der Waals surface area contributed by atoms with Crippen LogP contribution in [-0.4, -0.2) is 78.7 Å². The Balaban J connectivity index is 0.00000160. The lowest BCUT2D eigenvalue weighted by Gasteiger charge is -2.37. The molecule has 0 spiro atoms. The van der Waals surface area contributed by atoms with E-state index in [2.05, 4.69) is 23.3 Å². The molecule has 0 aliphatic carbocycles. The number of quaternary nitrogens is 1. The third-order valence-corrected chi connectivity index (χ3v) is 8.49. The standard InChI is InChI=1S/C31H33F3N6O4.CH2O2/c1-20-26(28(41)43-3)27(39-29(36-37-30(39)42)38(20)24-9-6-8-23(18-24)31(32,33)34)25-11-10-21(19-35)17-22(25)7-4-5-12-40(2)13-15-44-16-14-40;2-1-3/h6,8-11,17-18,27H,4-5,7,12-16H2,1-3H3;1H,(H,2,3)/t27-;/m1./s1. The molecule has 0 bridgehead atoms. The number of H-pyrrole nitrogens is 1. The van der Waals surface area contributed by atoms with E-state index in [1.165, 1.54) is 28.7 Å². The number of morpholine rings is 1. The number of aromatic nitrogens is 3. The van der Waals surface area contributed by atoms with Gasteiger partial charge in [0.15, 0.2) is 0 Å². The minimum absolute atomic E-state index is 0.0181. The Bertz CT molecular complexity index is 1740. The Morgan fingerprint density at radius 1 is 1.23 bits per heavy atom. The Morgan fingerprint density at radius 2 is 1.94 bits per heavy atom. The third kappa shape index (κ3) is 7.55. The first-order valence-electron chi connectivity index (χ1n) is 14.8. The number of likely N-dealkylation sites (N-methyl/N-ethyl adjacent to an activating group) is 1. The zero-order valence-corrected chi connectivity index (χ0v) is 26.2. The van der Waals surface area contributed by atoms with E-state index in [-0.39, 0.29) is 22.9 Å². The molecular formula is C32H35F3N6O6. The molecule has 1 fully saturated rings. The topological polar surface area (TPSA) is 153 Å². The number of allylic oxidation sites excluding steroid dienone is 1. The molecule has 1 atom stereocenters. The highest BCUT2D eigenvalue weighted by Gasteiger charge is 2.41. The van der Waals surface area contributed by atoms with Crippen LogP contribution in [0.4, 0.5) is 24.8 Å². The molecule has 1 aromatic heterocycles. The van der Waals surface area contributed by atoms with Crippen molar-refractivity contribution in [1.29, 1.82) is 5.26 Å². The lowest BCUT2D eigenvalue weighted by atomic mass is 9.88. The van der Waals surface area contributed by atoms with Gasteiger partial charge in [-0.05, 0) is 67.6 Å². The van der Waals surface area contributed by atoms with Crippen LogP contribution >= 0.6 is 0 Å². The van der Waals surface area contributed by atoms with Crippen molar-refractivity contribution in [2.45, 2.75) is 38.4 Å². The van der Waals surface area contributed by atoms with Gasteiger partial charge < -0.3 is 23.9 Å². The summed E-state index contributed by atoms with van der Waals surface area (Å²) in [5, 5.41) is 24.5. The van der Waals surface area contributed by atoms with E-state index < -0.39 is 35.9 Å². The number of esters is 1. The van der Waals surface area contributed by atoms with E-state index in [0.29, 0.717) is 17.5 Å². The lowest BCUT2D eigenvalue weighted by molar-refractivity contribution is -0.917. The monoisotopic (exact) mass is 656 g/mol. The summed E-state index contributed by atoms with van der Waals surface area (Å²) in [5.41, 5.74) is 0.650. The number of carbonyl (C=O) groups is 2. The number of hydrogen-bond acceptors (Lipinski definition) is 9. The van der Waals surface area contributed by atoms with E-state index in [0.717, 1.165) is 67.9 Å². The van der Waals surface area contributed by atoms with Gasteiger partial charge in [-0.1, -0.05) is 12.1 Å². The Morgan fingerprint density at radius 3 is 2.57 bits per heavy atom. The van der Waals surface area contributed by atoms with Gasteiger partial charge in [-0.25, -0.2) is 19.3 Å². The molecule has 2 aliphatic heterocycles. The van der Waals surface area contributed by atoms with Gasteiger partial charge in [0.05, 0.1) is 56.7 Å². The first kappa shape index (κ1) is 34.9. The highest BCUT2D eigenvalue weighted by molar-refractivity contribution is 5.93. The van der Waals surface area contributed by atoms with Crippen molar-refractivity contribution in [1.82, 2.24) is 14.8 Å². The number of fused-ring (bicyclic) bond motifs is 1. The van der Waals surface area contributed by atoms with Crippen LogP contribution in [-0.2, 0) is 31.7 Å². The zero-order chi connectivity index (χ0) is 34.4. The van der Waals surface area contributed by atoms with Gasteiger partial charge in [-0.2, -0.15) is 18.4 Å². The van der Waals surface area contributed by atoms with Gasteiger partial charge >= 0.3 is 17.8 Å². The fourth-order valence-electron chi connectivity index (χ4n) is 6.05. The van der Waals surface area contributed by atoms with Gasteiger partial charge in [-0.3, -0.25) is 4.90 Å². The number of nitrogens with zero attached hydrogens (tertiary/aromatic N) is 5. The van der Waals surface area contributed by atoms with E-state index in [9.17, 15) is 28.0 Å². The van der Waals surface area contributed by atoms with Crippen LogP contribution in [0.25, 0.3) is 0 Å². The van der Waals surface area contributed by atoms with Gasteiger partial charge in [0, 0.05) is 17.9 Å². The molecule has 2 aliphatic rings. The molecule has 5 rings (SSSR count). The summed E-state index contributed by atoms with van der Waals surface area (Å²) in [6.07, 6.45) is -2.33. The van der Waals surface area contributed by atoms with Crippen molar-refractivity contribution in [3.8, 4) is 6.07 Å². The molecule has 1 saturated heterocycles. The molecule has 0 radical (unpaired) electrons. The number of methoxy groups -OCH3 is 1. The van der Waals surface area contributed by atoms with E-state index in [1.807, 2.05) is 0 Å². The van der Waals surface area contributed by atoms with Gasteiger partial charge in [0.2, 0.25) is 5.95 Å². The van der Waals surface area contributed by atoms with Crippen molar-refractivity contribution < 1.29 is 41.8 Å². The van der Waals surface area contributed by atoms with Crippen molar-refractivity contribution in [2.75, 3.05) is 51.9 Å². The van der Waals surface area contributed by atoms with E-state index >= 15 is 0 Å². The Kier molecular flexibility index (Phi) is 10.9. The molecule has 15 heteroatoms. The summed E-state index contributed by atoms with van der Waals surface area (Å²) in [6, 6.07) is 10.8. The number of unbranched alkanes of at least 4 members (excludes halogenated alkanes) is 1. The maximum absolute atomic E-state index is 13.6. The smallest absolute Gasteiger partial charge is 0.416 e. The van der Waals surface area contributed by atoms with Gasteiger partial charge in [0.25, 0.3) is 0 Å². The highest BCUT2D eigenvalue weighted by atomic mass is 19.4. The summed E-state index contributed by atoms with van der Waals surface area (Å²) in [6.45, 7) is 5.39. The molecule has 3 aromatic rings. The fourth-order valence-corrected chi connectivity index (χ4v) is 6.05. The molecule has 0 amide bonds. The number of alkyl halides is 3. The number of carbonyl (C=O) groups excluding carboxylic acids is 2. The molecule has 1 N–H and O–H groups in total. The second-order valence-corrected chi connectivity index (χ2v) is 11.5. The average molecular weight is 657 g/mol. The second-order valence-electron chi connectivity index (χ2n) is 11.5. The summed E-state index contributed by atoms with van der Waals surface area (Å²) in [5.74, 6) is -0.729. The van der Waals surface area contributed by atoms with Crippen molar-refractivity contribution >= 4 is 24.1 Å². The van der Waals surface area contributed by atoms with Crippen molar-refractivity contribution in [3.63, 3.8) is 0 Å². The predicted octanol–water partition coefficient (Wildman–Crippen LogP) is 2.82. The summed E-state index contributed by atoms with van der Waals surface area (Å²) < 4.78 is 53.7. The zero-order valence-electron chi connectivity index (χ0n) is 26.2. The molecular weight excluding hydrogens is 621 g/mol. The highest BCUT2D eigenvalue weighted by Crippen LogP contribution is 2.43. The van der Waals surface area contributed by atoms with Crippen molar-refractivity contribution in [3.05, 3.63) is 86.5 Å². The molecule has 0 saturated carbocycles. The second kappa shape index (κ2) is 14.7. The van der Waals surface area contributed by atoms with E-state index in [1.54, 1.807) is 25.1 Å². The number of nitriles is 1. The van der Waals surface area contributed by atoms with Crippen LogP contribution in [0.15, 0.2) is 58.5 Å². The molecule has 47 heavy (non-hydrogen) atoms. The number of carboxylic acid groups (broad SMARTS) is 1. The summed E-state index contributed by atoms with van der Waals surface area (Å²) >= 11 is 0. The number of anilines is 2.